The molecule has 2 fully saturated rings. The Bertz CT molecular complexity index is 788. The van der Waals surface area contributed by atoms with Gasteiger partial charge in [-0.2, -0.15) is 5.10 Å². The maximum absolute atomic E-state index is 12.8. The van der Waals surface area contributed by atoms with E-state index in [-0.39, 0.29) is 18.0 Å². The minimum absolute atomic E-state index is 0.0543. The Kier molecular flexibility index (Phi) is 3.44. The molecule has 2 aromatic heterocycles. The number of amides is 2. The van der Waals surface area contributed by atoms with E-state index in [0.29, 0.717) is 37.6 Å². The minimum atomic E-state index is -0.286. The van der Waals surface area contributed by atoms with Crippen LogP contribution < -0.4 is 0 Å². The van der Waals surface area contributed by atoms with Crippen molar-refractivity contribution in [3.05, 3.63) is 41.9 Å². The number of hydrogen-bond acceptors (Lipinski definition) is 5. The molecule has 4 rings (SSSR count). The van der Waals surface area contributed by atoms with Gasteiger partial charge in [0.05, 0.1) is 23.5 Å². The maximum Gasteiger partial charge on any atom is 0.410 e. The van der Waals surface area contributed by atoms with Crippen LogP contribution in [0.1, 0.15) is 16.1 Å². The zero-order valence-corrected chi connectivity index (χ0v) is 13.3. The Morgan fingerprint density at radius 1 is 1.33 bits per heavy atom. The Morgan fingerprint density at radius 2 is 2.21 bits per heavy atom. The molecule has 2 saturated heterocycles. The van der Waals surface area contributed by atoms with Crippen LogP contribution in [0.3, 0.4) is 0 Å². The van der Waals surface area contributed by atoms with Crippen molar-refractivity contribution in [1.82, 2.24) is 24.6 Å². The highest BCUT2D eigenvalue weighted by Crippen LogP contribution is 2.21. The van der Waals surface area contributed by atoms with Gasteiger partial charge in [0, 0.05) is 25.8 Å². The van der Waals surface area contributed by atoms with E-state index in [1.165, 1.54) is 0 Å². The van der Waals surface area contributed by atoms with Gasteiger partial charge in [-0.1, -0.05) is 6.07 Å². The van der Waals surface area contributed by atoms with E-state index in [4.69, 9.17) is 4.74 Å². The molecule has 0 saturated carbocycles. The van der Waals surface area contributed by atoms with Gasteiger partial charge in [0.2, 0.25) is 0 Å². The SMILES string of the molecule is Cc1c(C(=O)N2CCN3C(=O)OC[C@H]3C2)cnn1-c1ccccn1. The number of aromatic nitrogens is 3. The second kappa shape index (κ2) is 5.63. The number of carbonyl (C=O) groups excluding carboxylic acids is 2. The Balaban J connectivity index is 1.55. The highest BCUT2D eigenvalue weighted by atomic mass is 16.6. The zero-order valence-electron chi connectivity index (χ0n) is 13.3. The van der Waals surface area contributed by atoms with Gasteiger partial charge < -0.3 is 9.64 Å². The van der Waals surface area contributed by atoms with Crippen molar-refractivity contribution in [3.63, 3.8) is 0 Å². The first kappa shape index (κ1) is 14.7. The molecular weight excluding hydrogens is 310 g/mol. The fourth-order valence-electron chi connectivity index (χ4n) is 3.17. The van der Waals surface area contributed by atoms with E-state index >= 15 is 0 Å². The molecule has 4 heterocycles. The molecule has 2 amide bonds. The molecule has 0 radical (unpaired) electrons. The lowest BCUT2D eigenvalue weighted by atomic mass is 10.1. The van der Waals surface area contributed by atoms with Crippen molar-refractivity contribution >= 4 is 12.0 Å². The number of carbonyl (C=O) groups is 2. The number of cyclic esters (lactones) is 1. The number of piperazine rings is 1. The van der Waals surface area contributed by atoms with Gasteiger partial charge in [-0.15, -0.1) is 0 Å². The second-order valence-corrected chi connectivity index (χ2v) is 5.92. The summed E-state index contributed by atoms with van der Waals surface area (Å²) in [5, 5.41) is 4.30. The first-order valence-electron chi connectivity index (χ1n) is 7.84. The van der Waals surface area contributed by atoms with Gasteiger partial charge in [-0.3, -0.25) is 9.69 Å². The minimum Gasteiger partial charge on any atom is -0.447 e. The molecule has 2 aliphatic rings. The lowest BCUT2D eigenvalue weighted by Crippen LogP contribution is -2.53. The van der Waals surface area contributed by atoms with Gasteiger partial charge in [-0.05, 0) is 19.1 Å². The Labute approximate surface area is 138 Å². The number of hydrogen-bond donors (Lipinski definition) is 0. The molecule has 0 spiro atoms. The molecule has 0 bridgehead atoms. The number of rotatable bonds is 2. The van der Waals surface area contributed by atoms with Crippen molar-refractivity contribution in [2.24, 2.45) is 0 Å². The lowest BCUT2D eigenvalue weighted by molar-refractivity contribution is 0.0616. The van der Waals surface area contributed by atoms with Crippen LogP contribution in [-0.2, 0) is 4.74 Å². The third kappa shape index (κ3) is 2.31. The fraction of sp³-hybridized carbons (Fsp3) is 0.375. The Hall–Kier alpha value is -2.90. The summed E-state index contributed by atoms with van der Waals surface area (Å²) in [4.78, 5) is 32.1. The van der Waals surface area contributed by atoms with Crippen LogP contribution in [0.2, 0.25) is 0 Å². The summed E-state index contributed by atoms with van der Waals surface area (Å²) in [5.41, 5.74) is 1.30. The molecule has 8 nitrogen and oxygen atoms in total. The molecule has 24 heavy (non-hydrogen) atoms. The average Bonchev–Trinajstić information content (AvgIpc) is 3.18. The number of nitrogens with zero attached hydrogens (tertiary/aromatic N) is 5. The number of pyridine rings is 1. The first-order chi connectivity index (χ1) is 11.6. The first-order valence-corrected chi connectivity index (χ1v) is 7.84. The smallest absolute Gasteiger partial charge is 0.410 e. The molecule has 124 valence electrons. The van der Waals surface area contributed by atoms with Crippen LogP contribution in [0, 0.1) is 6.92 Å². The normalized spacial score (nSPS) is 20.0. The molecule has 2 aromatic rings. The monoisotopic (exact) mass is 327 g/mol. The van der Waals surface area contributed by atoms with E-state index in [1.807, 2.05) is 25.1 Å². The van der Waals surface area contributed by atoms with Crippen molar-refractivity contribution in [2.45, 2.75) is 13.0 Å². The van der Waals surface area contributed by atoms with Gasteiger partial charge in [0.25, 0.3) is 5.91 Å². The van der Waals surface area contributed by atoms with E-state index in [1.54, 1.807) is 26.9 Å². The fourth-order valence-corrected chi connectivity index (χ4v) is 3.17. The molecule has 2 aliphatic heterocycles. The van der Waals surface area contributed by atoms with Crippen molar-refractivity contribution in [2.75, 3.05) is 26.2 Å². The molecular formula is C16H17N5O3. The van der Waals surface area contributed by atoms with Crippen LogP contribution >= 0.6 is 0 Å². The summed E-state index contributed by atoms with van der Waals surface area (Å²) in [6.45, 7) is 3.68. The lowest BCUT2D eigenvalue weighted by Gasteiger charge is -2.35. The summed E-state index contributed by atoms with van der Waals surface area (Å²) in [5.74, 6) is 0.599. The molecule has 8 heteroatoms. The van der Waals surface area contributed by atoms with E-state index < -0.39 is 0 Å². The highest BCUT2D eigenvalue weighted by molar-refractivity contribution is 5.95. The quantitative estimate of drug-likeness (QED) is 0.817. The zero-order chi connectivity index (χ0) is 16.7. The number of fused-ring (bicyclic) bond motifs is 1. The molecule has 1 atom stereocenters. The van der Waals surface area contributed by atoms with Crippen molar-refractivity contribution < 1.29 is 14.3 Å². The second-order valence-electron chi connectivity index (χ2n) is 5.92. The third-order valence-electron chi connectivity index (χ3n) is 4.51. The number of ether oxygens (including phenoxy) is 1. The molecule has 0 aliphatic carbocycles. The largest absolute Gasteiger partial charge is 0.447 e. The molecule has 0 N–H and O–H groups in total. The van der Waals surface area contributed by atoms with Gasteiger partial charge in [0.15, 0.2) is 5.82 Å². The van der Waals surface area contributed by atoms with Crippen LogP contribution in [0.15, 0.2) is 30.6 Å². The van der Waals surface area contributed by atoms with E-state index in [0.717, 1.165) is 5.69 Å². The summed E-state index contributed by atoms with van der Waals surface area (Å²) in [6.07, 6.45) is 2.98. The highest BCUT2D eigenvalue weighted by Gasteiger charge is 2.39. The van der Waals surface area contributed by atoms with Crippen molar-refractivity contribution in [3.8, 4) is 5.82 Å². The third-order valence-corrected chi connectivity index (χ3v) is 4.51. The summed E-state index contributed by atoms with van der Waals surface area (Å²) >= 11 is 0. The molecule has 0 aromatic carbocycles. The maximum atomic E-state index is 12.8. The Morgan fingerprint density at radius 3 is 3.00 bits per heavy atom. The summed E-state index contributed by atoms with van der Waals surface area (Å²) in [7, 11) is 0. The van der Waals surface area contributed by atoms with Crippen molar-refractivity contribution in [1.29, 1.82) is 0 Å². The van der Waals surface area contributed by atoms with Crippen LogP contribution in [0.4, 0.5) is 4.79 Å². The summed E-state index contributed by atoms with van der Waals surface area (Å²) in [6, 6.07) is 5.50. The standard InChI is InChI=1S/C16H17N5O3/c1-11-13(8-18-21(11)14-4-2-3-5-17-14)15(22)19-6-7-20-12(9-19)10-24-16(20)23/h2-5,8,12H,6-7,9-10H2,1H3/t12-/m1/s1. The van der Waals surface area contributed by atoms with E-state index in [2.05, 4.69) is 10.1 Å². The van der Waals surface area contributed by atoms with Gasteiger partial charge in [-0.25, -0.2) is 14.5 Å². The van der Waals surface area contributed by atoms with Crippen LogP contribution in [0.25, 0.3) is 5.82 Å². The van der Waals surface area contributed by atoms with Crippen LogP contribution in [0.5, 0.6) is 0 Å². The predicted molar refractivity (Wildman–Crippen MR) is 83.8 cm³/mol. The average molecular weight is 327 g/mol. The van der Waals surface area contributed by atoms with Gasteiger partial charge in [0.1, 0.15) is 6.61 Å². The van der Waals surface area contributed by atoms with Gasteiger partial charge >= 0.3 is 6.09 Å². The predicted octanol–water partition coefficient (Wildman–Crippen LogP) is 0.852. The topological polar surface area (TPSA) is 80.6 Å². The van der Waals surface area contributed by atoms with E-state index in [9.17, 15) is 9.59 Å². The van der Waals surface area contributed by atoms with Crippen LogP contribution in [-0.4, -0.2) is 68.8 Å². The molecule has 0 unspecified atom stereocenters. The summed E-state index contributed by atoms with van der Waals surface area (Å²) < 4.78 is 6.70.